The minimum absolute atomic E-state index is 0.391. The number of hydrogen-bond acceptors (Lipinski definition) is 3. The van der Waals surface area contributed by atoms with Gasteiger partial charge in [-0.25, -0.2) is 0 Å². The summed E-state index contributed by atoms with van der Waals surface area (Å²) < 4.78 is 7.13. The molecular formula is C16H20N3O+. The molecule has 1 heterocycles. The lowest BCUT2D eigenvalue weighted by molar-refractivity contribution is -0.788. The maximum atomic E-state index is 5.91. The molecule has 0 bridgehead atoms. The van der Waals surface area contributed by atoms with E-state index in [1.165, 1.54) is 19.3 Å². The third-order valence-electron chi connectivity index (χ3n) is 3.88. The fourth-order valence-electron chi connectivity index (χ4n) is 2.78. The Morgan fingerprint density at radius 3 is 2.60 bits per heavy atom. The van der Waals surface area contributed by atoms with E-state index >= 15 is 0 Å². The third kappa shape index (κ3) is 2.74. The Balaban J connectivity index is 1.85. The minimum atomic E-state index is 0.391. The molecule has 0 saturated heterocycles. The summed E-state index contributed by atoms with van der Waals surface area (Å²) in [7, 11) is 0. The van der Waals surface area contributed by atoms with E-state index in [9.17, 15) is 0 Å². The molecule has 0 atom stereocenters. The molecule has 1 aliphatic rings. The van der Waals surface area contributed by atoms with Crippen LogP contribution in [0.15, 0.2) is 34.9 Å². The molecule has 1 fully saturated rings. The molecule has 0 radical (unpaired) electrons. The van der Waals surface area contributed by atoms with Crippen LogP contribution < -0.4 is 10.4 Å². The van der Waals surface area contributed by atoms with Gasteiger partial charge in [-0.1, -0.05) is 36.8 Å². The second kappa shape index (κ2) is 5.90. The molecule has 0 amide bonds. The van der Waals surface area contributed by atoms with Gasteiger partial charge in [-0.2, -0.15) is 0 Å². The molecule has 1 aromatic carbocycles. The smallest absolute Gasteiger partial charge is 0.301 e. The first kappa shape index (κ1) is 12.9. The third-order valence-corrected chi connectivity index (χ3v) is 3.88. The summed E-state index contributed by atoms with van der Waals surface area (Å²) in [4.78, 5) is 0. The van der Waals surface area contributed by atoms with Crippen LogP contribution in [-0.4, -0.2) is 5.27 Å². The Hall–Kier alpha value is -2.10. The van der Waals surface area contributed by atoms with Gasteiger partial charge in [0.2, 0.25) is 5.27 Å². The van der Waals surface area contributed by atoms with Crippen LogP contribution in [0, 0.1) is 0 Å². The standard InChI is InChI=1S/C16H20N3O/c17-16-15(12-11-13-7-3-1-4-8-13)19(18-20-16)14-9-5-2-6-10-14/h1,3-4,7-8,11-12,14H,2,5-6,9-10,17H2/q+1/b12-11+. The van der Waals surface area contributed by atoms with Crippen molar-refractivity contribution in [1.82, 2.24) is 5.27 Å². The fourth-order valence-corrected chi connectivity index (χ4v) is 2.78. The van der Waals surface area contributed by atoms with Crippen molar-refractivity contribution in [2.75, 3.05) is 5.73 Å². The van der Waals surface area contributed by atoms with Crippen LogP contribution in [0.25, 0.3) is 12.2 Å². The number of nitrogens with zero attached hydrogens (tertiary/aromatic N) is 2. The number of aromatic nitrogens is 2. The first-order chi connectivity index (χ1) is 9.84. The number of anilines is 1. The molecule has 3 rings (SSSR count). The van der Waals surface area contributed by atoms with Crippen LogP contribution in [0.1, 0.15) is 49.4 Å². The lowest BCUT2D eigenvalue weighted by Crippen LogP contribution is -2.44. The van der Waals surface area contributed by atoms with Crippen LogP contribution in [0.4, 0.5) is 5.88 Å². The Morgan fingerprint density at radius 2 is 1.85 bits per heavy atom. The largest absolute Gasteiger partial charge is 0.362 e. The number of nitrogens with two attached hydrogens (primary N) is 1. The highest BCUT2D eigenvalue weighted by atomic mass is 16.5. The van der Waals surface area contributed by atoms with Crippen molar-refractivity contribution in [3.8, 4) is 0 Å². The van der Waals surface area contributed by atoms with Gasteiger partial charge < -0.3 is 5.73 Å². The first-order valence-electron chi connectivity index (χ1n) is 7.25. The summed E-state index contributed by atoms with van der Waals surface area (Å²) >= 11 is 0. The van der Waals surface area contributed by atoms with Crippen molar-refractivity contribution in [1.29, 1.82) is 0 Å². The molecule has 1 saturated carbocycles. The summed E-state index contributed by atoms with van der Waals surface area (Å²) in [6, 6.07) is 10.6. The maximum absolute atomic E-state index is 5.91. The maximum Gasteiger partial charge on any atom is 0.301 e. The van der Waals surface area contributed by atoms with Gasteiger partial charge in [0.15, 0.2) is 6.04 Å². The quantitative estimate of drug-likeness (QED) is 0.871. The molecule has 0 unspecified atom stereocenters. The molecule has 104 valence electrons. The summed E-state index contributed by atoms with van der Waals surface area (Å²) in [6.07, 6.45) is 10.2. The zero-order valence-electron chi connectivity index (χ0n) is 11.5. The van der Waals surface area contributed by atoms with E-state index < -0.39 is 0 Å². The molecule has 2 N–H and O–H groups in total. The van der Waals surface area contributed by atoms with Crippen LogP contribution in [0.3, 0.4) is 0 Å². The number of nitrogen functional groups attached to an aromatic ring is 1. The molecule has 0 spiro atoms. The van der Waals surface area contributed by atoms with Crippen molar-refractivity contribution in [3.63, 3.8) is 0 Å². The molecule has 1 aromatic heterocycles. The van der Waals surface area contributed by atoms with Gasteiger partial charge in [-0.3, -0.25) is 4.52 Å². The van der Waals surface area contributed by atoms with Crippen LogP contribution in [0.2, 0.25) is 0 Å². The number of hydrogen-bond donors (Lipinski definition) is 1. The van der Waals surface area contributed by atoms with Gasteiger partial charge in [-0.05, 0) is 29.2 Å². The Kier molecular flexibility index (Phi) is 3.81. The van der Waals surface area contributed by atoms with E-state index in [2.05, 4.69) is 17.4 Å². The van der Waals surface area contributed by atoms with Gasteiger partial charge >= 0.3 is 5.88 Å². The van der Waals surface area contributed by atoms with Crippen molar-refractivity contribution in [2.45, 2.75) is 38.1 Å². The number of rotatable bonds is 3. The van der Waals surface area contributed by atoms with E-state index in [1.807, 2.05) is 35.0 Å². The molecule has 4 heteroatoms. The lowest BCUT2D eigenvalue weighted by atomic mass is 9.95. The van der Waals surface area contributed by atoms with E-state index in [0.717, 1.165) is 24.1 Å². The van der Waals surface area contributed by atoms with Crippen molar-refractivity contribution in [2.24, 2.45) is 0 Å². The molecule has 4 nitrogen and oxygen atoms in total. The zero-order valence-corrected chi connectivity index (χ0v) is 11.5. The van der Waals surface area contributed by atoms with Gasteiger partial charge in [0.05, 0.1) is 0 Å². The predicted octanol–water partition coefficient (Wildman–Crippen LogP) is 3.22. The van der Waals surface area contributed by atoms with E-state index in [4.69, 9.17) is 10.3 Å². The second-order valence-electron chi connectivity index (χ2n) is 5.30. The lowest BCUT2D eigenvalue weighted by Gasteiger charge is -2.13. The van der Waals surface area contributed by atoms with E-state index in [1.54, 1.807) is 0 Å². The average Bonchev–Trinajstić information content (AvgIpc) is 2.88. The Labute approximate surface area is 118 Å². The molecule has 0 aliphatic heterocycles. The van der Waals surface area contributed by atoms with Gasteiger partial charge in [0.1, 0.15) is 0 Å². The van der Waals surface area contributed by atoms with Crippen LogP contribution in [0.5, 0.6) is 0 Å². The summed E-state index contributed by atoms with van der Waals surface area (Å²) in [5.74, 6) is 0.391. The zero-order chi connectivity index (χ0) is 13.8. The SMILES string of the molecule is Nc1on[n+](C2CCCCC2)c1/C=C/c1ccccc1. The normalized spacial score (nSPS) is 16.8. The highest BCUT2D eigenvalue weighted by Gasteiger charge is 2.30. The van der Waals surface area contributed by atoms with E-state index in [0.29, 0.717) is 11.9 Å². The monoisotopic (exact) mass is 270 g/mol. The second-order valence-corrected chi connectivity index (χ2v) is 5.30. The average molecular weight is 270 g/mol. The Morgan fingerprint density at radius 1 is 1.10 bits per heavy atom. The number of benzene rings is 1. The minimum Gasteiger partial charge on any atom is -0.362 e. The van der Waals surface area contributed by atoms with Crippen LogP contribution in [-0.2, 0) is 0 Å². The van der Waals surface area contributed by atoms with Crippen molar-refractivity contribution in [3.05, 3.63) is 41.6 Å². The van der Waals surface area contributed by atoms with Crippen molar-refractivity contribution < 1.29 is 9.20 Å². The molecule has 2 aromatic rings. The van der Waals surface area contributed by atoms with Crippen molar-refractivity contribution >= 4 is 18.0 Å². The molecular weight excluding hydrogens is 250 g/mol. The highest BCUT2D eigenvalue weighted by Crippen LogP contribution is 2.25. The van der Waals surface area contributed by atoms with E-state index in [-0.39, 0.29) is 0 Å². The van der Waals surface area contributed by atoms with Gasteiger partial charge in [0, 0.05) is 18.9 Å². The summed E-state index contributed by atoms with van der Waals surface area (Å²) in [5.41, 5.74) is 7.93. The molecule has 20 heavy (non-hydrogen) atoms. The summed E-state index contributed by atoms with van der Waals surface area (Å²) in [6.45, 7) is 0. The van der Waals surface area contributed by atoms with Crippen LogP contribution >= 0.6 is 0 Å². The van der Waals surface area contributed by atoms with Gasteiger partial charge in [0.25, 0.3) is 5.69 Å². The topological polar surface area (TPSA) is 55.9 Å². The molecule has 1 aliphatic carbocycles. The predicted molar refractivity (Wildman–Crippen MR) is 78.6 cm³/mol. The first-order valence-corrected chi connectivity index (χ1v) is 7.25. The fraction of sp³-hybridized carbons (Fsp3) is 0.375. The highest BCUT2D eigenvalue weighted by molar-refractivity contribution is 5.70. The summed E-state index contributed by atoms with van der Waals surface area (Å²) in [5, 5.41) is 4.12. The van der Waals surface area contributed by atoms with Gasteiger partial charge in [-0.15, -0.1) is 0 Å². The Bertz CT molecular complexity index is 583.